The van der Waals surface area contributed by atoms with Crippen molar-refractivity contribution in [2.24, 2.45) is 0 Å². The van der Waals surface area contributed by atoms with Crippen LogP contribution >= 0.6 is 8.53 Å². The Balaban J connectivity index is 0.00000163. The second-order valence-electron chi connectivity index (χ2n) is 5.39. The molecule has 1 heterocycles. The van der Waals surface area contributed by atoms with Gasteiger partial charge in [0.2, 0.25) is 1.43 Å². The highest BCUT2D eigenvalue weighted by Crippen LogP contribution is 2.48. The zero-order valence-corrected chi connectivity index (χ0v) is 15.2. The van der Waals surface area contributed by atoms with Gasteiger partial charge in [0.25, 0.3) is 8.53 Å². The smallest absolute Gasteiger partial charge is 0.259 e. The van der Waals surface area contributed by atoms with Gasteiger partial charge in [-0.3, -0.25) is 0 Å². The monoisotopic (exact) mass is 337 g/mol. The summed E-state index contributed by atoms with van der Waals surface area (Å²) in [6.07, 6.45) is 0.898. The SMILES string of the molecule is [2H]CC1OCC[C@H]1OP(OCCC#N)N(C(C)C)C(C)C.[3H]OC. The summed E-state index contributed by atoms with van der Waals surface area (Å²) in [5, 5.41) is 12.2. The van der Waals surface area contributed by atoms with Crippen LogP contribution in [0.4, 0.5) is 0 Å². The average Bonchev–Trinajstić information content (AvgIpc) is 2.94. The maximum atomic E-state index is 8.68. The normalized spacial score (nSPS) is 23.8. The zero-order chi connectivity index (χ0) is 18.5. The zero-order valence-electron chi connectivity index (χ0n) is 16.3. The van der Waals surface area contributed by atoms with Gasteiger partial charge in [-0.05, 0) is 41.0 Å². The summed E-state index contributed by atoms with van der Waals surface area (Å²) in [5.74, 6) is 0. The van der Waals surface area contributed by atoms with Gasteiger partial charge in [-0.25, -0.2) is 4.67 Å². The highest BCUT2D eigenvalue weighted by atomic mass is 31.2. The molecule has 0 radical (unpaired) electrons. The molecule has 2 unspecified atom stereocenters. The first-order valence-electron chi connectivity index (χ1n) is 8.69. The molecule has 3 atom stereocenters. The fourth-order valence-corrected chi connectivity index (χ4v) is 3.94. The summed E-state index contributed by atoms with van der Waals surface area (Å²) < 4.78 is 33.0. The standard InChI is InChI=1S/C14H27N2O3P.CH4O/c1-11(2)16(12(3)4)20(18-9-6-8-15)19-14-7-10-17-13(14)5;1-2/h11-14H,6-7,9-10H2,1-5H3;2H,1H3/t13?,14-,20?;/m1./s1/i5D;2T. The molecule has 0 aromatic rings. The van der Waals surface area contributed by atoms with Crippen LogP contribution in [0.25, 0.3) is 0 Å². The van der Waals surface area contributed by atoms with E-state index < -0.39 is 8.53 Å². The molecule has 1 rings (SSSR count). The van der Waals surface area contributed by atoms with Gasteiger partial charge in [0.15, 0.2) is 0 Å². The molecule has 1 N–H and O–H groups in total. The summed E-state index contributed by atoms with van der Waals surface area (Å²) >= 11 is 0. The van der Waals surface area contributed by atoms with Gasteiger partial charge in [-0.15, -0.1) is 0 Å². The van der Waals surface area contributed by atoms with E-state index in [1.165, 1.54) is 7.11 Å². The van der Waals surface area contributed by atoms with Crippen LogP contribution in [0.1, 0.15) is 48.8 Å². The van der Waals surface area contributed by atoms with Crippen LogP contribution < -0.4 is 0 Å². The topological polar surface area (TPSA) is 75.0 Å². The second-order valence-corrected chi connectivity index (χ2v) is 6.80. The van der Waals surface area contributed by atoms with E-state index in [0.29, 0.717) is 19.6 Å². The van der Waals surface area contributed by atoms with Crippen molar-refractivity contribution in [1.29, 1.82) is 6.69 Å². The third kappa shape index (κ3) is 7.32. The quantitative estimate of drug-likeness (QED) is 0.542. The average molecular weight is 337 g/mol. The van der Waals surface area contributed by atoms with Crippen LogP contribution in [0, 0.1) is 11.3 Å². The second kappa shape index (κ2) is 12.2. The first-order valence-corrected chi connectivity index (χ1v) is 8.71. The number of nitriles is 1. The highest BCUT2D eigenvalue weighted by molar-refractivity contribution is 7.44. The molecule has 1 saturated heterocycles. The van der Waals surface area contributed by atoms with E-state index in [-0.39, 0.29) is 31.2 Å². The minimum absolute atomic E-state index is 0.0873. The molecule has 0 bridgehead atoms. The van der Waals surface area contributed by atoms with E-state index in [0.717, 1.165) is 6.42 Å². The Morgan fingerprint density at radius 1 is 1.55 bits per heavy atom. The summed E-state index contributed by atoms with van der Waals surface area (Å²) in [5.41, 5.74) is 0. The van der Waals surface area contributed by atoms with Crippen molar-refractivity contribution in [2.45, 2.75) is 71.7 Å². The van der Waals surface area contributed by atoms with E-state index in [2.05, 4.69) is 43.5 Å². The molecule has 1 fully saturated rings. The van der Waals surface area contributed by atoms with Gasteiger partial charge in [0.05, 0.1) is 31.3 Å². The molecule has 6 nitrogen and oxygen atoms in total. The number of ether oxygens (including phenoxy) is 1. The minimum Gasteiger partial charge on any atom is -0.400 e. The Kier molecular flexibility index (Phi) is 10.0. The number of hydrogen-bond acceptors (Lipinski definition) is 6. The van der Waals surface area contributed by atoms with Crippen molar-refractivity contribution in [2.75, 3.05) is 20.3 Å². The van der Waals surface area contributed by atoms with Crippen molar-refractivity contribution in [3.05, 3.63) is 0 Å². The van der Waals surface area contributed by atoms with Gasteiger partial charge in [0, 0.05) is 27.2 Å². The Morgan fingerprint density at radius 2 is 2.18 bits per heavy atom. The summed E-state index contributed by atoms with van der Waals surface area (Å²) in [4.78, 5) is 0. The van der Waals surface area contributed by atoms with Gasteiger partial charge >= 0.3 is 0 Å². The molecule has 22 heavy (non-hydrogen) atoms. The van der Waals surface area contributed by atoms with Gasteiger partial charge in [-0.1, -0.05) is 0 Å². The van der Waals surface area contributed by atoms with Gasteiger partial charge < -0.3 is 18.9 Å². The van der Waals surface area contributed by atoms with Gasteiger partial charge in [-0.2, -0.15) is 5.26 Å². The predicted molar refractivity (Wildman–Crippen MR) is 88.3 cm³/mol. The molecule has 0 aromatic carbocycles. The summed E-state index contributed by atoms with van der Waals surface area (Å²) in [7, 11) is 0.0526. The minimum atomic E-state index is -1.24. The third-order valence-electron chi connectivity index (χ3n) is 3.04. The summed E-state index contributed by atoms with van der Waals surface area (Å²) in [6.45, 7) is 9.66. The van der Waals surface area contributed by atoms with Crippen LogP contribution in [-0.2, 0) is 13.8 Å². The molecule has 0 aromatic heterocycles. The Labute approximate surface area is 139 Å². The molecular weight excluding hydrogens is 303 g/mol. The van der Waals surface area contributed by atoms with E-state index in [9.17, 15) is 0 Å². The molecular formula is C15H31N2O4P. The van der Waals surface area contributed by atoms with E-state index >= 15 is 0 Å². The Hall–Kier alpha value is -0.280. The highest BCUT2D eigenvalue weighted by Gasteiger charge is 2.34. The van der Waals surface area contributed by atoms with E-state index in [1.807, 2.05) is 0 Å². The lowest BCUT2D eigenvalue weighted by molar-refractivity contribution is 0.0545. The molecule has 130 valence electrons. The Bertz CT molecular complexity index is 351. The fraction of sp³-hybridized carbons (Fsp3) is 0.933. The lowest BCUT2D eigenvalue weighted by Gasteiger charge is -2.37. The molecule has 1 aliphatic heterocycles. The molecule has 1 aliphatic rings. The van der Waals surface area contributed by atoms with Crippen LogP contribution in [0.15, 0.2) is 0 Å². The van der Waals surface area contributed by atoms with Crippen LogP contribution in [0.3, 0.4) is 0 Å². The maximum Gasteiger partial charge on any atom is 0.259 e. The van der Waals surface area contributed by atoms with Crippen molar-refractivity contribution in [3.63, 3.8) is 0 Å². The maximum absolute atomic E-state index is 8.68. The Morgan fingerprint density at radius 3 is 2.68 bits per heavy atom. The van der Waals surface area contributed by atoms with Crippen molar-refractivity contribution >= 4 is 8.53 Å². The largest absolute Gasteiger partial charge is 0.400 e. The number of rotatable bonds is 8. The molecule has 0 amide bonds. The fourth-order valence-electron chi connectivity index (χ4n) is 2.16. The van der Waals surface area contributed by atoms with Crippen LogP contribution in [-0.4, -0.2) is 55.8 Å². The molecule has 7 heteroatoms. The molecule has 0 aliphatic carbocycles. The van der Waals surface area contributed by atoms with E-state index in [1.54, 1.807) is 0 Å². The number of aliphatic hydroxyl groups excluding tert-OH is 1. The lowest BCUT2D eigenvalue weighted by atomic mass is 10.2. The van der Waals surface area contributed by atoms with Crippen LogP contribution in [0.5, 0.6) is 0 Å². The van der Waals surface area contributed by atoms with Gasteiger partial charge in [0.1, 0.15) is 0 Å². The first kappa shape index (κ1) is 18.1. The van der Waals surface area contributed by atoms with Crippen molar-refractivity contribution in [3.8, 4) is 6.07 Å². The van der Waals surface area contributed by atoms with Crippen molar-refractivity contribution < 1.29 is 20.3 Å². The molecule has 0 saturated carbocycles. The lowest BCUT2D eigenvalue weighted by Crippen LogP contribution is -2.35. The number of nitrogens with zero attached hydrogens (tertiary/aromatic N) is 2. The van der Waals surface area contributed by atoms with E-state index in [4.69, 9.17) is 21.8 Å². The first-order chi connectivity index (χ1) is 11.4. The van der Waals surface area contributed by atoms with Crippen LogP contribution in [0.2, 0.25) is 0 Å². The number of hydrogen-bond donors (Lipinski definition) is 1. The van der Waals surface area contributed by atoms with Crippen molar-refractivity contribution in [1.82, 2.24) is 4.67 Å². The molecule has 0 spiro atoms. The summed E-state index contributed by atoms with van der Waals surface area (Å²) in [6, 6.07) is 2.66. The number of aliphatic hydroxyl groups is 1. The third-order valence-corrected chi connectivity index (χ3v) is 5.19. The predicted octanol–water partition coefficient (Wildman–Crippen LogP) is 3.06.